The lowest BCUT2D eigenvalue weighted by Gasteiger charge is -2.21. The SMILES string of the molecule is Cc1ccc2c(c1)C(=NN=C1SC(=Cc3ccc(O)cc3)C(=O)N1c1ccc(C(C)(C)C)cc1)C(=O)N2. The molecule has 0 unspecified atom stereocenters. The van der Waals surface area contributed by atoms with E-state index in [9.17, 15) is 14.7 Å². The van der Waals surface area contributed by atoms with Crippen molar-refractivity contribution in [1.82, 2.24) is 0 Å². The Morgan fingerprint density at radius 1 is 0.946 bits per heavy atom. The molecule has 2 N–H and O–H groups in total. The van der Waals surface area contributed by atoms with Gasteiger partial charge in [0.05, 0.1) is 16.3 Å². The second-order valence-corrected chi connectivity index (χ2v) is 11.0. The molecule has 2 heterocycles. The van der Waals surface area contributed by atoms with E-state index in [4.69, 9.17) is 0 Å². The number of nitrogens with zero attached hydrogens (tertiary/aromatic N) is 3. The van der Waals surface area contributed by atoms with Gasteiger partial charge >= 0.3 is 0 Å². The number of hydrogen-bond acceptors (Lipinski definition) is 6. The van der Waals surface area contributed by atoms with Crippen molar-refractivity contribution < 1.29 is 14.7 Å². The van der Waals surface area contributed by atoms with E-state index in [1.807, 2.05) is 49.4 Å². The lowest BCUT2D eigenvalue weighted by molar-refractivity contribution is -0.113. The lowest BCUT2D eigenvalue weighted by atomic mass is 9.87. The van der Waals surface area contributed by atoms with Gasteiger partial charge in [-0.1, -0.05) is 56.7 Å². The third kappa shape index (κ3) is 4.93. The quantitative estimate of drug-likeness (QED) is 0.342. The first kappa shape index (κ1) is 24.5. The third-order valence-corrected chi connectivity index (χ3v) is 7.08. The molecule has 0 saturated carbocycles. The van der Waals surface area contributed by atoms with E-state index in [2.05, 4.69) is 36.3 Å². The van der Waals surface area contributed by atoms with E-state index in [0.717, 1.165) is 16.7 Å². The van der Waals surface area contributed by atoms with E-state index in [1.54, 1.807) is 30.3 Å². The van der Waals surface area contributed by atoms with Gasteiger partial charge in [0.1, 0.15) is 5.75 Å². The summed E-state index contributed by atoms with van der Waals surface area (Å²) in [6, 6.07) is 20.0. The molecule has 0 aliphatic carbocycles. The zero-order valence-corrected chi connectivity index (χ0v) is 21.8. The van der Waals surface area contributed by atoms with Crippen molar-refractivity contribution in [1.29, 1.82) is 0 Å². The summed E-state index contributed by atoms with van der Waals surface area (Å²) in [7, 11) is 0. The van der Waals surface area contributed by atoms with Crippen molar-refractivity contribution in [2.45, 2.75) is 33.1 Å². The van der Waals surface area contributed by atoms with Crippen LogP contribution in [0, 0.1) is 6.92 Å². The van der Waals surface area contributed by atoms with Gasteiger partial charge in [-0.2, -0.15) is 0 Å². The summed E-state index contributed by atoms with van der Waals surface area (Å²) in [5.74, 6) is -0.426. The van der Waals surface area contributed by atoms with E-state index >= 15 is 0 Å². The molecule has 0 radical (unpaired) electrons. The number of thioether (sulfide) groups is 1. The molecular weight excluding hydrogens is 484 g/mol. The molecule has 1 fully saturated rings. The fourth-order valence-electron chi connectivity index (χ4n) is 4.06. The number of amides is 2. The Morgan fingerprint density at radius 2 is 1.65 bits per heavy atom. The molecule has 0 bridgehead atoms. The van der Waals surface area contributed by atoms with Crippen LogP contribution in [-0.2, 0) is 15.0 Å². The number of aryl methyl sites for hydroxylation is 1. The van der Waals surface area contributed by atoms with Gasteiger partial charge in [0.2, 0.25) is 5.17 Å². The largest absolute Gasteiger partial charge is 0.508 e. The molecule has 2 aliphatic rings. The maximum Gasteiger partial charge on any atom is 0.276 e. The van der Waals surface area contributed by atoms with Crippen molar-refractivity contribution in [2.75, 3.05) is 10.2 Å². The smallest absolute Gasteiger partial charge is 0.276 e. The first-order valence-electron chi connectivity index (χ1n) is 11.8. The number of phenolic OH excluding ortho intramolecular Hbond substituents is 1. The standard InChI is InChI=1S/C29H26N4O3S/c1-17-5-14-23-22(15-17)25(26(35)30-23)31-32-28-33(20-10-8-19(9-11-20)29(2,3)4)27(36)24(37-28)16-18-6-12-21(34)13-7-18/h5-16,34H,1-4H3,(H,30,31,35). The molecular formula is C29H26N4O3S. The fourth-order valence-corrected chi connectivity index (χ4v) is 4.99. The number of fused-ring (bicyclic) bond motifs is 1. The highest BCUT2D eigenvalue weighted by molar-refractivity contribution is 8.19. The number of nitrogens with one attached hydrogen (secondary N) is 1. The Labute approximate surface area is 219 Å². The monoisotopic (exact) mass is 510 g/mol. The van der Waals surface area contributed by atoms with Crippen molar-refractivity contribution in [3.05, 3.63) is 93.9 Å². The number of carbonyl (C=O) groups is 2. The van der Waals surface area contributed by atoms with Gasteiger partial charge in [0.25, 0.3) is 11.8 Å². The van der Waals surface area contributed by atoms with Crippen LogP contribution in [0.3, 0.4) is 0 Å². The second kappa shape index (κ2) is 9.37. The van der Waals surface area contributed by atoms with Crippen LogP contribution in [0.2, 0.25) is 0 Å². The molecule has 2 amide bonds. The number of carbonyl (C=O) groups excluding carboxylic acids is 2. The normalized spacial score (nSPS) is 18.7. The van der Waals surface area contributed by atoms with Crippen molar-refractivity contribution in [2.24, 2.45) is 10.2 Å². The highest BCUT2D eigenvalue weighted by Gasteiger charge is 2.35. The molecule has 7 nitrogen and oxygen atoms in total. The summed E-state index contributed by atoms with van der Waals surface area (Å²) in [6.07, 6.45) is 1.75. The van der Waals surface area contributed by atoms with E-state index in [0.29, 0.717) is 27.0 Å². The summed E-state index contributed by atoms with van der Waals surface area (Å²) in [5, 5.41) is 21.5. The van der Waals surface area contributed by atoms with Gasteiger partial charge < -0.3 is 10.4 Å². The minimum absolute atomic E-state index is 0.0313. The molecule has 186 valence electrons. The summed E-state index contributed by atoms with van der Waals surface area (Å²) < 4.78 is 0. The van der Waals surface area contributed by atoms with Crippen LogP contribution in [0.1, 0.15) is 43.0 Å². The number of phenols is 1. The van der Waals surface area contributed by atoms with E-state index in [-0.39, 0.29) is 28.7 Å². The Kier molecular flexibility index (Phi) is 6.21. The second-order valence-electron chi connectivity index (χ2n) is 9.97. The van der Waals surface area contributed by atoms with Crippen LogP contribution in [0.4, 0.5) is 11.4 Å². The summed E-state index contributed by atoms with van der Waals surface area (Å²) in [5.41, 5.74) is 5.12. The van der Waals surface area contributed by atoms with Crippen LogP contribution in [0.5, 0.6) is 5.75 Å². The number of aromatic hydroxyl groups is 1. The summed E-state index contributed by atoms with van der Waals surface area (Å²) in [6.45, 7) is 8.34. The maximum absolute atomic E-state index is 13.6. The Morgan fingerprint density at radius 3 is 2.32 bits per heavy atom. The van der Waals surface area contributed by atoms with Gasteiger partial charge in [-0.25, -0.2) is 0 Å². The average molecular weight is 511 g/mol. The molecule has 3 aromatic carbocycles. The topological polar surface area (TPSA) is 94.4 Å². The van der Waals surface area contributed by atoms with Gasteiger partial charge in [0, 0.05) is 5.56 Å². The molecule has 8 heteroatoms. The molecule has 37 heavy (non-hydrogen) atoms. The maximum atomic E-state index is 13.6. The Balaban J connectivity index is 1.57. The van der Waals surface area contributed by atoms with Gasteiger partial charge in [-0.05, 0) is 77.7 Å². The van der Waals surface area contributed by atoms with Gasteiger partial charge in [0.15, 0.2) is 5.71 Å². The zero-order chi connectivity index (χ0) is 26.3. The Bertz CT molecular complexity index is 1500. The molecule has 0 atom stereocenters. The zero-order valence-electron chi connectivity index (χ0n) is 20.9. The average Bonchev–Trinajstić information content (AvgIpc) is 3.33. The fraction of sp³-hybridized carbons (Fsp3) is 0.172. The van der Waals surface area contributed by atoms with Crippen LogP contribution >= 0.6 is 11.8 Å². The third-order valence-electron chi connectivity index (χ3n) is 6.12. The lowest BCUT2D eigenvalue weighted by Crippen LogP contribution is -2.29. The molecule has 2 aliphatic heterocycles. The van der Waals surface area contributed by atoms with Gasteiger partial charge in [-0.3, -0.25) is 14.5 Å². The minimum atomic E-state index is -0.333. The summed E-state index contributed by atoms with van der Waals surface area (Å²) in [4.78, 5) is 28.1. The predicted molar refractivity (Wildman–Crippen MR) is 150 cm³/mol. The van der Waals surface area contributed by atoms with Crippen LogP contribution in [0.25, 0.3) is 6.08 Å². The van der Waals surface area contributed by atoms with E-state index < -0.39 is 0 Å². The molecule has 3 aromatic rings. The number of amidine groups is 1. The number of rotatable bonds is 3. The number of anilines is 2. The first-order valence-corrected chi connectivity index (χ1v) is 12.6. The highest BCUT2D eigenvalue weighted by atomic mass is 32.2. The molecule has 1 saturated heterocycles. The van der Waals surface area contributed by atoms with Crippen LogP contribution in [0.15, 0.2) is 81.8 Å². The van der Waals surface area contributed by atoms with Crippen molar-refractivity contribution in [3.63, 3.8) is 0 Å². The number of benzene rings is 3. The predicted octanol–water partition coefficient (Wildman–Crippen LogP) is 5.83. The molecule has 0 aromatic heterocycles. The van der Waals surface area contributed by atoms with Crippen molar-refractivity contribution >= 4 is 51.9 Å². The Hall–Kier alpha value is -4.17. The van der Waals surface area contributed by atoms with Gasteiger partial charge in [-0.15, -0.1) is 10.2 Å². The first-order chi connectivity index (χ1) is 17.6. The minimum Gasteiger partial charge on any atom is -0.508 e. The number of hydrogen-bond donors (Lipinski definition) is 2. The summed E-state index contributed by atoms with van der Waals surface area (Å²) >= 11 is 1.19. The molecule has 0 spiro atoms. The van der Waals surface area contributed by atoms with E-state index in [1.165, 1.54) is 16.7 Å². The van der Waals surface area contributed by atoms with Crippen molar-refractivity contribution in [3.8, 4) is 5.75 Å². The molecule has 5 rings (SSSR count). The van der Waals surface area contributed by atoms with Crippen LogP contribution in [-0.4, -0.2) is 27.8 Å². The highest BCUT2D eigenvalue weighted by Crippen LogP contribution is 2.37. The van der Waals surface area contributed by atoms with Crippen LogP contribution < -0.4 is 10.2 Å².